The van der Waals surface area contributed by atoms with E-state index in [-0.39, 0.29) is 0 Å². The van der Waals surface area contributed by atoms with Crippen molar-refractivity contribution in [3.05, 3.63) is 0 Å². The van der Waals surface area contributed by atoms with Gasteiger partial charge in [-0.05, 0) is 0 Å². The Bertz CT molecular complexity index is 44.1. The number of hydroxylamine groups is 3. The van der Waals surface area contributed by atoms with Gasteiger partial charge < -0.3 is 0 Å². The molecule has 1 aliphatic heterocycles. The van der Waals surface area contributed by atoms with Crippen LogP contribution in [0.5, 0.6) is 0 Å². The molecule has 0 atom stereocenters. The first-order valence-electron chi connectivity index (χ1n) is 2.02. The van der Waals surface area contributed by atoms with E-state index in [9.17, 15) is 0 Å². The highest BCUT2D eigenvalue weighted by atomic mass is 16.8. The normalized spacial score (nSPS) is 21.5. The molecule has 1 rings (SSSR count). The summed E-state index contributed by atoms with van der Waals surface area (Å²) in [5.41, 5.74) is 2.56. The molecule has 3 heteroatoms. The summed E-state index contributed by atoms with van der Waals surface area (Å²) in [7, 11) is 1.75. The third-order valence-electron chi connectivity index (χ3n) is 0.627. The van der Waals surface area contributed by atoms with E-state index in [0.717, 1.165) is 13.1 Å². The minimum absolute atomic E-state index is 1.07. The third-order valence-corrected chi connectivity index (χ3v) is 0.627. The van der Waals surface area contributed by atoms with Crippen LogP contribution in [0.3, 0.4) is 0 Å². The van der Waals surface area contributed by atoms with Gasteiger partial charge >= 0.3 is 0 Å². The van der Waals surface area contributed by atoms with E-state index in [2.05, 4.69) is 5.48 Å². The van der Waals surface area contributed by atoms with Crippen LogP contribution in [0.2, 0.25) is 0 Å². The van der Waals surface area contributed by atoms with E-state index in [1.807, 2.05) is 5.06 Å². The van der Waals surface area contributed by atoms with Crippen molar-refractivity contribution < 1.29 is 4.94 Å². The summed E-state index contributed by atoms with van der Waals surface area (Å²) in [6, 6.07) is 0. The highest BCUT2D eigenvalue weighted by Gasteiger charge is 2.16. The summed E-state index contributed by atoms with van der Waals surface area (Å²) in [5, 5.41) is 1.82. The summed E-state index contributed by atoms with van der Waals surface area (Å²) in [5.74, 6) is 0. The smallest absolute Gasteiger partial charge is 0.0412 e. The molecular formula is C3H8N2O. The molecule has 0 radical (unpaired) electrons. The lowest BCUT2D eigenvalue weighted by Gasteiger charge is -1.93. The van der Waals surface area contributed by atoms with Gasteiger partial charge in [0.25, 0.3) is 0 Å². The molecule has 0 aromatic heterocycles. The van der Waals surface area contributed by atoms with Gasteiger partial charge in [-0.2, -0.15) is 10.5 Å². The first-order chi connectivity index (χ1) is 2.93. The molecule has 0 spiro atoms. The lowest BCUT2D eigenvalue weighted by atomic mass is 11.0. The molecule has 0 aromatic rings. The molecule has 0 saturated carbocycles. The average molecular weight is 88.1 g/mol. The number of rotatable bonds is 2. The van der Waals surface area contributed by atoms with Crippen LogP contribution in [-0.2, 0) is 4.94 Å². The molecule has 0 bridgehead atoms. The van der Waals surface area contributed by atoms with Crippen molar-refractivity contribution in [3.63, 3.8) is 0 Å². The number of nitrogens with one attached hydrogen (secondary N) is 1. The molecule has 1 fully saturated rings. The van der Waals surface area contributed by atoms with Crippen molar-refractivity contribution in [1.29, 1.82) is 0 Å². The molecule has 6 heavy (non-hydrogen) atoms. The fraction of sp³-hybridized carbons (Fsp3) is 1.00. The average Bonchev–Trinajstić information content (AvgIpc) is 2.21. The van der Waals surface area contributed by atoms with E-state index in [4.69, 9.17) is 4.94 Å². The van der Waals surface area contributed by atoms with Gasteiger partial charge in [0.1, 0.15) is 0 Å². The molecule has 1 aliphatic rings. The highest BCUT2D eigenvalue weighted by molar-refractivity contribution is 4.58. The maximum absolute atomic E-state index is 4.74. The largest absolute Gasteiger partial charge is 0.211 e. The SMILES string of the molecule is CNON1CC1. The summed E-state index contributed by atoms with van der Waals surface area (Å²) < 4.78 is 0. The molecule has 36 valence electrons. The molecule has 0 aromatic carbocycles. The minimum Gasteiger partial charge on any atom is -0.211 e. The highest BCUT2D eigenvalue weighted by Crippen LogP contribution is 1.99. The van der Waals surface area contributed by atoms with Crippen molar-refractivity contribution in [3.8, 4) is 0 Å². The molecule has 1 N–H and O–H groups in total. The van der Waals surface area contributed by atoms with E-state index < -0.39 is 0 Å². The Labute approximate surface area is 36.8 Å². The van der Waals surface area contributed by atoms with Gasteiger partial charge in [-0.3, -0.25) is 0 Å². The summed E-state index contributed by atoms with van der Waals surface area (Å²) in [6.07, 6.45) is 0. The predicted molar refractivity (Wildman–Crippen MR) is 21.7 cm³/mol. The van der Waals surface area contributed by atoms with Crippen molar-refractivity contribution in [2.24, 2.45) is 0 Å². The second-order valence-corrected chi connectivity index (χ2v) is 1.22. The first kappa shape index (κ1) is 4.05. The lowest BCUT2D eigenvalue weighted by molar-refractivity contribution is -0.121. The van der Waals surface area contributed by atoms with Crippen molar-refractivity contribution in [2.45, 2.75) is 0 Å². The molecule has 0 unspecified atom stereocenters. The molecule has 3 nitrogen and oxygen atoms in total. The first-order valence-corrected chi connectivity index (χ1v) is 2.02. The van der Waals surface area contributed by atoms with Crippen molar-refractivity contribution in [2.75, 3.05) is 20.1 Å². The maximum atomic E-state index is 4.74. The second-order valence-electron chi connectivity index (χ2n) is 1.22. The van der Waals surface area contributed by atoms with Crippen LogP contribution in [-0.4, -0.2) is 25.2 Å². The lowest BCUT2D eigenvalue weighted by Crippen LogP contribution is -2.11. The second kappa shape index (κ2) is 1.55. The van der Waals surface area contributed by atoms with E-state index in [1.54, 1.807) is 7.05 Å². The zero-order valence-corrected chi connectivity index (χ0v) is 3.77. The Morgan fingerprint density at radius 2 is 2.33 bits per heavy atom. The number of nitrogens with zero attached hydrogens (tertiary/aromatic N) is 1. The number of hydrogen-bond donors (Lipinski definition) is 1. The van der Waals surface area contributed by atoms with Crippen molar-refractivity contribution in [1.82, 2.24) is 10.5 Å². The zero-order valence-electron chi connectivity index (χ0n) is 3.77. The molecule has 0 aliphatic carbocycles. The van der Waals surface area contributed by atoms with Crippen LogP contribution in [0.25, 0.3) is 0 Å². The van der Waals surface area contributed by atoms with Gasteiger partial charge in [0.05, 0.1) is 0 Å². The molecule has 1 heterocycles. The van der Waals surface area contributed by atoms with Gasteiger partial charge in [0.15, 0.2) is 0 Å². The van der Waals surface area contributed by atoms with Gasteiger partial charge in [0.2, 0.25) is 0 Å². The Morgan fingerprint density at radius 1 is 1.67 bits per heavy atom. The zero-order chi connectivity index (χ0) is 4.41. The van der Waals surface area contributed by atoms with Gasteiger partial charge in [-0.1, -0.05) is 0 Å². The molecule has 1 saturated heterocycles. The van der Waals surface area contributed by atoms with Crippen LogP contribution in [0.15, 0.2) is 0 Å². The minimum atomic E-state index is 1.07. The predicted octanol–water partition coefficient (Wildman–Crippen LogP) is -0.632. The van der Waals surface area contributed by atoms with Crippen LogP contribution in [0.1, 0.15) is 0 Å². The van der Waals surface area contributed by atoms with E-state index in [1.165, 1.54) is 0 Å². The molecule has 0 amide bonds. The maximum Gasteiger partial charge on any atom is 0.0412 e. The van der Waals surface area contributed by atoms with Crippen LogP contribution >= 0.6 is 0 Å². The Morgan fingerprint density at radius 3 is 2.50 bits per heavy atom. The summed E-state index contributed by atoms with van der Waals surface area (Å²) >= 11 is 0. The molecular weight excluding hydrogens is 80.0 g/mol. The van der Waals surface area contributed by atoms with Crippen molar-refractivity contribution >= 4 is 0 Å². The standard InChI is InChI=1S/C3H8N2O/c1-4-6-5-2-3-5/h4H,2-3H2,1H3. The van der Waals surface area contributed by atoms with Gasteiger partial charge in [-0.25, -0.2) is 4.94 Å². The Hall–Kier alpha value is -0.120. The van der Waals surface area contributed by atoms with E-state index >= 15 is 0 Å². The van der Waals surface area contributed by atoms with E-state index in [0.29, 0.717) is 0 Å². The van der Waals surface area contributed by atoms with Crippen LogP contribution < -0.4 is 5.48 Å². The van der Waals surface area contributed by atoms with Gasteiger partial charge in [0, 0.05) is 20.1 Å². The quantitative estimate of drug-likeness (QED) is 0.359. The Kier molecular flexibility index (Phi) is 1.05. The fourth-order valence-corrected chi connectivity index (χ4v) is 0.261. The summed E-state index contributed by atoms with van der Waals surface area (Å²) in [6.45, 7) is 2.14. The topological polar surface area (TPSA) is 24.3 Å². The van der Waals surface area contributed by atoms with Crippen LogP contribution in [0.4, 0.5) is 0 Å². The monoisotopic (exact) mass is 88.1 g/mol. The third kappa shape index (κ3) is 0.931. The number of hydrogen-bond acceptors (Lipinski definition) is 3. The summed E-state index contributed by atoms with van der Waals surface area (Å²) in [4.78, 5) is 4.74. The van der Waals surface area contributed by atoms with Gasteiger partial charge in [-0.15, -0.1) is 0 Å². The fourth-order valence-electron chi connectivity index (χ4n) is 0.261. The van der Waals surface area contributed by atoms with Crippen LogP contribution in [0, 0.1) is 0 Å². The Balaban J connectivity index is 1.88.